The maximum Gasteiger partial charge on any atom is 0.241 e. The van der Waals surface area contributed by atoms with Crippen molar-refractivity contribution in [3.63, 3.8) is 0 Å². The highest BCUT2D eigenvalue weighted by atomic mass is 32.2. The van der Waals surface area contributed by atoms with Crippen molar-refractivity contribution in [2.45, 2.75) is 11.3 Å². The molecule has 0 aliphatic rings. The zero-order valence-corrected chi connectivity index (χ0v) is 12.9. The zero-order valence-electron chi connectivity index (χ0n) is 11.3. The Hall–Kier alpha value is -1.24. The van der Waals surface area contributed by atoms with E-state index in [-0.39, 0.29) is 0 Å². The number of rotatable bonds is 6. The molecule has 0 saturated carbocycles. The van der Waals surface area contributed by atoms with Crippen molar-refractivity contribution in [1.29, 1.82) is 0 Å². The van der Waals surface area contributed by atoms with E-state index >= 15 is 0 Å². The van der Waals surface area contributed by atoms with Gasteiger partial charge in [0.05, 0.1) is 4.90 Å². The van der Waals surface area contributed by atoms with E-state index in [9.17, 15) is 8.42 Å². The molecule has 2 rings (SSSR count). The summed E-state index contributed by atoms with van der Waals surface area (Å²) in [7, 11) is -3.48. The summed E-state index contributed by atoms with van der Waals surface area (Å²) in [6.07, 6.45) is 2.82. The number of nitrogen functional groups attached to an aromatic ring is 1. The number of nitrogens with one attached hydrogen (secondary N) is 1. The third kappa shape index (κ3) is 3.45. The van der Waals surface area contributed by atoms with Gasteiger partial charge in [0.2, 0.25) is 10.0 Å². The summed E-state index contributed by atoms with van der Waals surface area (Å²) in [4.78, 5) is 0.305. The lowest BCUT2D eigenvalue weighted by Gasteiger charge is -2.09. The monoisotopic (exact) mass is 310 g/mol. The van der Waals surface area contributed by atoms with Crippen molar-refractivity contribution in [2.24, 2.45) is 0 Å². The van der Waals surface area contributed by atoms with Crippen LogP contribution in [0.4, 0.5) is 5.69 Å². The lowest BCUT2D eigenvalue weighted by atomic mass is 10.1. The molecule has 0 aliphatic heterocycles. The molecule has 0 aliphatic carbocycles. The fourth-order valence-electron chi connectivity index (χ4n) is 2.01. The molecule has 0 aromatic heterocycles. The van der Waals surface area contributed by atoms with Gasteiger partial charge in [-0.25, -0.2) is 13.1 Å². The first-order valence-electron chi connectivity index (χ1n) is 6.31. The number of nitrogens with two attached hydrogens (primary N) is 1. The van der Waals surface area contributed by atoms with Gasteiger partial charge < -0.3 is 5.73 Å². The van der Waals surface area contributed by atoms with E-state index in [4.69, 9.17) is 5.73 Å². The molecular formula is C14H18N2O2S2. The van der Waals surface area contributed by atoms with E-state index in [1.165, 1.54) is 0 Å². The molecule has 0 amide bonds. The predicted octanol–water partition coefficient (Wildman–Crippen LogP) is 2.45. The van der Waals surface area contributed by atoms with Gasteiger partial charge in [-0.2, -0.15) is 11.8 Å². The minimum absolute atomic E-state index is 0.305. The first-order chi connectivity index (χ1) is 9.54. The first-order valence-corrected chi connectivity index (χ1v) is 9.19. The van der Waals surface area contributed by atoms with Crippen LogP contribution in [0.25, 0.3) is 10.8 Å². The Morgan fingerprint density at radius 2 is 2.05 bits per heavy atom. The van der Waals surface area contributed by atoms with Crippen molar-refractivity contribution in [1.82, 2.24) is 4.72 Å². The highest BCUT2D eigenvalue weighted by Crippen LogP contribution is 2.24. The van der Waals surface area contributed by atoms with Gasteiger partial charge in [0, 0.05) is 17.6 Å². The molecule has 6 heteroatoms. The van der Waals surface area contributed by atoms with Gasteiger partial charge in [-0.05, 0) is 42.0 Å². The second-order valence-electron chi connectivity index (χ2n) is 4.48. The van der Waals surface area contributed by atoms with Gasteiger partial charge >= 0.3 is 0 Å². The summed E-state index contributed by atoms with van der Waals surface area (Å²) < 4.78 is 27.3. The SMILES string of the molecule is CSCCCNS(=O)(=O)c1cccc2cc(N)ccc12. The molecular weight excluding hydrogens is 292 g/mol. The molecule has 0 bridgehead atoms. The minimum atomic E-state index is -3.48. The van der Waals surface area contributed by atoms with Crippen LogP contribution in [0.2, 0.25) is 0 Å². The van der Waals surface area contributed by atoms with Crippen LogP contribution in [-0.4, -0.2) is 27.0 Å². The number of thioether (sulfide) groups is 1. The van der Waals surface area contributed by atoms with Crippen LogP contribution >= 0.6 is 11.8 Å². The quantitative estimate of drug-likeness (QED) is 0.635. The average molecular weight is 310 g/mol. The fourth-order valence-corrected chi connectivity index (χ4v) is 3.74. The second-order valence-corrected chi connectivity index (χ2v) is 7.20. The standard InChI is InChI=1S/C14H18N2O2S2/c1-19-9-3-8-16-20(17,18)14-5-2-4-11-10-12(15)6-7-13(11)14/h2,4-7,10,16H,3,8-9,15H2,1H3. The Labute approximate surface area is 123 Å². The average Bonchev–Trinajstić information content (AvgIpc) is 2.42. The van der Waals surface area contributed by atoms with Crippen LogP contribution in [0.15, 0.2) is 41.3 Å². The van der Waals surface area contributed by atoms with Gasteiger partial charge in [0.1, 0.15) is 0 Å². The summed E-state index contributed by atoms with van der Waals surface area (Å²) in [5.41, 5.74) is 6.35. The molecule has 0 radical (unpaired) electrons. The highest BCUT2D eigenvalue weighted by Gasteiger charge is 2.16. The van der Waals surface area contributed by atoms with Crippen LogP contribution in [-0.2, 0) is 10.0 Å². The molecule has 0 atom stereocenters. The van der Waals surface area contributed by atoms with Gasteiger partial charge in [0.15, 0.2) is 0 Å². The molecule has 0 spiro atoms. The molecule has 20 heavy (non-hydrogen) atoms. The molecule has 4 nitrogen and oxygen atoms in total. The third-order valence-corrected chi connectivity index (χ3v) is 5.19. The van der Waals surface area contributed by atoms with Crippen molar-refractivity contribution in [3.8, 4) is 0 Å². The van der Waals surface area contributed by atoms with Crippen LogP contribution in [0.5, 0.6) is 0 Å². The minimum Gasteiger partial charge on any atom is -0.399 e. The molecule has 2 aromatic carbocycles. The molecule has 0 saturated heterocycles. The van der Waals surface area contributed by atoms with Crippen molar-refractivity contribution < 1.29 is 8.42 Å². The lowest BCUT2D eigenvalue weighted by molar-refractivity contribution is 0.582. The van der Waals surface area contributed by atoms with Crippen LogP contribution in [0, 0.1) is 0 Å². The van der Waals surface area contributed by atoms with Crippen LogP contribution < -0.4 is 10.5 Å². The fraction of sp³-hybridized carbons (Fsp3) is 0.286. The number of hydrogen-bond donors (Lipinski definition) is 2. The molecule has 0 heterocycles. The summed E-state index contributed by atoms with van der Waals surface area (Å²) in [5.74, 6) is 0.939. The molecule has 0 unspecified atom stereocenters. The number of sulfonamides is 1. The maximum atomic E-state index is 12.3. The van der Waals surface area contributed by atoms with Gasteiger partial charge in [0.25, 0.3) is 0 Å². The van der Waals surface area contributed by atoms with Crippen molar-refractivity contribution >= 4 is 38.2 Å². The lowest BCUT2D eigenvalue weighted by Crippen LogP contribution is -2.25. The van der Waals surface area contributed by atoms with Gasteiger partial charge in [-0.1, -0.05) is 18.2 Å². The number of benzene rings is 2. The van der Waals surface area contributed by atoms with E-state index in [0.717, 1.165) is 17.6 Å². The number of fused-ring (bicyclic) bond motifs is 1. The van der Waals surface area contributed by atoms with Crippen molar-refractivity contribution in [2.75, 3.05) is 24.3 Å². The Balaban J connectivity index is 2.32. The van der Waals surface area contributed by atoms with E-state index in [0.29, 0.717) is 22.5 Å². The Kier molecular flexibility index (Phi) is 4.91. The van der Waals surface area contributed by atoms with Gasteiger partial charge in [-0.15, -0.1) is 0 Å². The molecule has 2 aromatic rings. The third-order valence-electron chi connectivity index (χ3n) is 2.97. The predicted molar refractivity (Wildman–Crippen MR) is 86.5 cm³/mol. The summed E-state index contributed by atoms with van der Waals surface area (Å²) >= 11 is 1.70. The van der Waals surface area contributed by atoms with E-state index in [1.807, 2.05) is 12.3 Å². The van der Waals surface area contributed by atoms with Crippen molar-refractivity contribution in [3.05, 3.63) is 36.4 Å². The summed E-state index contributed by atoms with van der Waals surface area (Å²) in [6.45, 7) is 0.453. The molecule has 0 fully saturated rings. The number of anilines is 1. The van der Waals surface area contributed by atoms with Crippen LogP contribution in [0.3, 0.4) is 0 Å². The Morgan fingerprint density at radius 3 is 2.80 bits per heavy atom. The second kappa shape index (κ2) is 6.47. The molecule has 3 N–H and O–H groups in total. The highest BCUT2D eigenvalue weighted by molar-refractivity contribution is 7.98. The number of hydrogen-bond acceptors (Lipinski definition) is 4. The summed E-state index contributed by atoms with van der Waals surface area (Å²) in [6, 6.07) is 10.5. The van der Waals surface area contributed by atoms with E-state index < -0.39 is 10.0 Å². The smallest absolute Gasteiger partial charge is 0.241 e. The Bertz CT molecular complexity index is 699. The van der Waals surface area contributed by atoms with Crippen LogP contribution in [0.1, 0.15) is 6.42 Å². The maximum absolute atomic E-state index is 12.3. The van der Waals surface area contributed by atoms with Gasteiger partial charge in [-0.3, -0.25) is 0 Å². The van der Waals surface area contributed by atoms with E-state index in [2.05, 4.69) is 4.72 Å². The largest absolute Gasteiger partial charge is 0.399 e. The van der Waals surface area contributed by atoms with E-state index in [1.54, 1.807) is 42.1 Å². The normalized spacial score (nSPS) is 11.8. The molecule has 108 valence electrons. The first kappa shape index (κ1) is 15.2. The zero-order chi connectivity index (χ0) is 14.6. The topological polar surface area (TPSA) is 72.2 Å². The Morgan fingerprint density at radius 1 is 1.25 bits per heavy atom. The summed E-state index contributed by atoms with van der Waals surface area (Å²) in [5, 5.41) is 1.52.